The Kier molecular flexibility index (Phi) is 4.61. The van der Waals surface area contributed by atoms with Gasteiger partial charge in [0.2, 0.25) is 11.8 Å². The number of carbonyl (C=O) groups excluding carboxylic acids is 1. The van der Waals surface area contributed by atoms with Gasteiger partial charge in [0.15, 0.2) is 0 Å². The molecule has 0 bridgehead atoms. The summed E-state index contributed by atoms with van der Waals surface area (Å²) in [6.45, 7) is 3.77. The van der Waals surface area contributed by atoms with Crippen LogP contribution in [0.2, 0.25) is 0 Å². The van der Waals surface area contributed by atoms with E-state index in [1.54, 1.807) is 25.6 Å². The van der Waals surface area contributed by atoms with Crippen molar-refractivity contribution in [2.75, 3.05) is 50.6 Å². The van der Waals surface area contributed by atoms with Crippen LogP contribution in [0.15, 0.2) is 18.6 Å². The minimum absolute atomic E-state index is 0.282. The number of piperazine rings is 1. The fourth-order valence-corrected chi connectivity index (χ4v) is 2.53. The number of carbonyl (C=O) groups is 1. The number of likely N-dealkylation sites (N-methyl/N-ethyl adjacent to an activating group) is 1. The van der Waals surface area contributed by atoms with Gasteiger partial charge in [-0.1, -0.05) is 0 Å². The van der Waals surface area contributed by atoms with Crippen LogP contribution in [0, 0.1) is 0 Å². The van der Waals surface area contributed by atoms with E-state index in [2.05, 4.69) is 37.2 Å². The molecule has 1 aliphatic heterocycles. The number of ether oxygens (including phenoxy) is 1. The van der Waals surface area contributed by atoms with Gasteiger partial charge in [-0.15, -0.1) is 5.10 Å². The van der Waals surface area contributed by atoms with Crippen molar-refractivity contribution < 1.29 is 9.53 Å². The molecular weight excluding hydrogens is 310 g/mol. The molecule has 9 nitrogen and oxygen atoms in total. The van der Waals surface area contributed by atoms with Crippen LogP contribution in [0.4, 0.5) is 11.6 Å². The van der Waals surface area contributed by atoms with Crippen LogP contribution in [0.5, 0.6) is 5.88 Å². The molecule has 9 heteroatoms. The van der Waals surface area contributed by atoms with Crippen molar-refractivity contribution in [3.63, 3.8) is 0 Å². The Hall–Kier alpha value is -2.68. The van der Waals surface area contributed by atoms with Gasteiger partial charge < -0.3 is 19.9 Å². The summed E-state index contributed by atoms with van der Waals surface area (Å²) in [7, 11) is 5.31. The van der Waals surface area contributed by atoms with Crippen LogP contribution in [0.25, 0.3) is 0 Å². The molecule has 0 atom stereocenters. The predicted octanol–water partition coefficient (Wildman–Crippen LogP) is 0.223. The lowest BCUT2D eigenvalue weighted by Crippen LogP contribution is -2.45. The molecule has 0 spiro atoms. The fourth-order valence-electron chi connectivity index (χ4n) is 2.53. The molecule has 3 rings (SSSR count). The van der Waals surface area contributed by atoms with Gasteiger partial charge in [-0.25, -0.2) is 9.97 Å². The second-order valence-electron chi connectivity index (χ2n) is 5.74. The zero-order chi connectivity index (χ0) is 17.1. The molecule has 2 aromatic rings. The summed E-state index contributed by atoms with van der Waals surface area (Å²) >= 11 is 0. The summed E-state index contributed by atoms with van der Waals surface area (Å²) in [5, 5.41) is 6.82. The maximum absolute atomic E-state index is 12.3. The number of nitrogens with one attached hydrogen (secondary N) is 1. The summed E-state index contributed by atoms with van der Waals surface area (Å²) in [5.41, 5.74) is 0.895. The molecule has 24 heavy (non-hydrogen) atoms. The lowest BCUT2D eigenvalue weighted by Gasteiger charge is -2.32. The zero-order valence-corrected chi connectivity index (χ0v) is 14.1. The Balaban J connectivity index is 1.66. The molecule has 2 aromatic heterocycles. The topological polar surface area (TPSA) is 88.4 Å². The number of hydrogen-bond donors (Lipinski definition) is 1. The third-order valence-corrected chi connectivity index (χ3v) is 3.92. The number of hydrogen-bond acceptors (Lipinski definition) is 7. The number of aromatic nitrogens is 4. The molecule has 0 aromatic carbocycles. The van der Waals surface area contributed by atoms with E-state index in [0.29, 0.717) is 17.2 Å². The van der Waals surface area contributed by atoms with E-state index in [4.69, 9.17) is 4.74 Å². The van der Waals surface area contributed by atoms with Crippen LogP contribution in [-0.2, 0) is 7.05 Å². The van der Waals surface area contributed by atoms with Gasteiger partial charge in [0, 0.05) is 39.4 Å². The standard InChI is InChI=1S/C15H21N7O2/c1-20-4-6-22(7-5-20)15-16-8-11(9-17-15)18-13(23)12-10-21(2)19-14(12)24-3/h8-10H,4-7H2,1-3H3,(H,18,23). The average molecular weight is 331 g/mol. The van der Waals surface area contributed by atoms with Crippen LogP contribution < -0.4 is 15.0 Å². The highest BCUT2D eigenvalue weighted by Gasteiger charge is 2.18. The summed E-state index contributed by atoms with van der Waals surface area (Å²) in [6, 6.07) is 0. The molecule has 0 unspecified atom stereocenters. The SMILES string of the molecule is COc1nn(C)cc1C(=O)Nc1cnc(N2CCN(C)CC2)nc1. The highest BCUT2D eigenvalue weighted by molar-refractivity contribution is 6.05. The summed E-state index contributed by atoms with van der Waals surface area (Å²) < 4.78 is 6.63. The number of amides is 1. The maximum Gasteiger partial charge on any atom is 0.262 e. The Morgan fingerprint density at radius 2 is 1.83 bits per heavy atom. The highest BCUT2D eigenvalue weighted by Crippen LogP contribution is 2.17. The van der Waals surface area contributed by atoms with Crippen molar-refractivity contribution in [1.29, 1.82) is 0 Å². The van der Waals surface area contributed by atoms with Crippen molar-refractivity contribution in [1.82, 2.24) is 24.6 Å². The van der Waals surface area contributed by atoms with Gasteiger partial charge in [-0.05, 0) is 7.05 Å². The monoisotopic (exact) mass is 331 g/mol. The van der Waals surface area contributed by atoms with Crippen LogP contribution in [0.3, 0.4) is 0 Å². The first-order chi connectivity index (χ1) is 11.6. The van der Waals surface area contributed by atoms with E-state index in [1.165, 1.54) is 11.8 Å². The normalized spacial score (nSPS) is 15.4. The third-order valence-electron chi connectivity index (χ3n) is 3.92. The lowest BCUT2D eigenvalue weighted by atomic mass is 10.3. The number of rotatable bonds is 4. The number of anilines is 2. The molecule has 1 aliphatic rings. The van der Waals surface area contributed by atoms with Gasteiger partial charge in [0.05, 0.1) is 25.2 Å². The molecule has 0 radical (unpaired) electrons. The number of methoxy groups -OCH3 is 1. The van der Waals surface area contributed by atoms with Crippen molar-refractivity contribution in [2.24, 2.45) is 7.05 Å². The van der Waals surface area contributed by atoms with Gasteiger partial charge in [0.1, 0.15) is 5.56 Å². The van der Waals surface area contributed by atoms with Crippen LogP contribution >= 0.6 is 0 Å². The summed E-state index contributed by atoms with van der Waals surface area (Å²) in [6.07, 6.45) is 4.83. The summed E-state index contributed by atoms with van der Waals surface area (Å²) in [4.78, 5) is 25.4. The van der Waals surface area contributed by atoms with Crippen molar-refractivity contribution in [3.8, 4) is 5.88 Å². The van der Waals surface area contributed by atoms with Crippen molar-refractivity contribution >= 4 is 17.5 Å². The lowest BCUT2D eigenvalue weighted by molar-refractivity contribution is 0.102. The first kappa shape index (κ1) is 16.2. The van der Waals surface area contributed by atoms with Crippen molar-refractivity contribution in [2.45, 2.75) is 0 Å². The molecule has 0 saturated carbocycles. The Labute approximate surface area is 140 Å². The number of nitrogens with zero attached hydrogens (tertiary/aromatic N) is 6. The second-order valence-corrected chi connectivity index (χ2v) is 5.74. The van der Waals surface area contributed by atoms with Gasteiger partial charge in [-0.3, -0.25) is 9.48 Å². The average Bonchev–Trinajstić information content (AvgIpc) is 2.97. The molecule has 128 valence electrons. The van der Waals surface area contributed by atoms with Crippen LogP contribution in [-0.4, -0.2) is 70.9 Å². The minimum atomic E-state index is -0.309. The molecule has 1 N–H and O–H groups in total. The van der Waals surface area contributed by atoms with Crippen LogP contribution in [0.1, 0.15) is 10.4 Å². The summed E-state index contributed by atoms with van der Waals surface area (Å²) in [5.74, 6) is 0.654. The first-order valence-corrected chi connectivity index (χ1v) is 7.71. The molecule has 1 saturated heterocycles. The van der Waals surface area contributed by atoms with E-state index in [0.717, 1.165) is 26.2 Å². The first-order valence-electron chi connectivity index (χ1n) is 7.71. The van der Waals surface area contributed by atoms with Crippen molar-refractivity contribution in [3.05, 3.63) is 24.2 Å². The molecule has 1 fully saturated rings. The van der Waals surface area contributed by atoms with Gasteiger partial charge >= 0.3 is 0 Å². The number of aryl methyl sites for hydroxylation is 1. The highest BCUT2D eigenvalue weighted by atomic mass is 16.5. The molecule has 1 amide bonds. The quantitative estimate of drug-likeness (QED) is 0.857. The van der Waals surface area contributed by atoms with Gasteiger partial charge in [0.25, 0.3) is 5.91 Å². The fraction of sp³-hybridized carbons (Fsp3) is 0.467. The smallest absolute Gasteiger partial charge is 0.262 e. The van der Waals surface area contributed by atoms with E-state index in [1.807, 2.05) is 0 Å². The van der Waals surface area contributed by atoms with E-state index in [-0.39, 0.29) is 11.8 Å². The maximum atomic E-state index is 12.3. The molecule has 3 heterocycles. The minimum Gasteiger partial charge on any atom is -0.479 e. The van der Waals surface area contributed by atoms with Gasteiger partial charge in [-0.2, -0.15) is 0 Å². The Morgan fingerprint density at radius 1 is 1.17 bits per heavy atom. The largest absolute Gasteiger partial charge is 0.479 e. The molecule has 0 aliphatic carbocycles. The second kappa shape index (κ2) is 6.83. The van der Waals surface area contributed by atoms with E-state index >= 15 is 0 Å². The third kappa shape index (κ3) is 3.46. The van der Waals surface area contributed by atoms with E-state index in [9.17, 15) is 4.79 Å². The Morgan fingerprint density at radius 3 is 2.46 bits per heavy atom. The zero-order valence-electron chi connectivity index (χ0n) is 14.1. The molecular formula is C15H21N7O2. The Bertz CT molecular complexity index is 705. The van der Waals surface area contributed by atoms with E-state index < -0.39 is 0 Å². The predicted molar refractivity (Wildman–Crippen MR) is 89.5 cm³/mol.